The second-order valence-corrected chi connectivity index (χ2v) is 4.06. The molecular weight excluding hydrogens is 256 g/mol. The molecule has 104 valence electrons. The van der Waals surface area contributed by atoms with Crippen LogP contribution >= 0.6 is 0 Å². The van der Waals surface area contributed by atoms with E-state index >= 15 is 0 Å². The van der Waals surface area contributed by atoms with E-state index in [9.17, 15) is 19.7 Å². The summed E-state index contributed by atoms with van der Waals surface area (Å²) in [5, 5.41) is 25.6. The first-order chi connectivity index (χ1) is 8.73. The molecule has 0 bridgehead atoms. The van der Waals surface area contributed by atoms with Crippen LogP contribution in [0.15, 0.2) is 0 Å². The average molecular weight is 270 g/mol. The number of carbonyl (C=O) groups is 2. The molecule has 19 heavy (non-hydrogen) atoms. The van der Waals surface area contributed by atoms with Gasteiger partial charge in [-0.3, -0.25) is 24.4 Å². The third kappa shape index (κ3) is 3.27. The van der Waals surface area contributed by atoms with Gasteiger partial charge in [0.2, 0.25) is 5.91 Å². The fourth-order valence-corrected chi connectivity index (χ4v) is 1.59. The van der Waals surface area contributed by atoms with Crippen molar-refractivity contribution in [2.24, 2.45) is 0 Å². The van der Waals surface area contributed by atoms with E-state index in [1.807, 2.05) is 0 Å². The molecule has 1 heterocycles. The molecule has 0 saturated carbocycles. The molecule has 1 rings (SSSR count). The number of aryl methyl sites for hydroxylation is 1. The smallest absolute Gasteiger partial charge is 0.325 e. The van der Waals surface area contributed by atoms with Crippen molar-refractivity contribution in [1.82, 2.24) is 15.1 Å². The highest BCUT2D eigenvalue weighted by Gasteiger charge is 2.23. The maximum absolute atomic E-state index is 11.6. The number of carbonyl (C=O) groups excluding carboxylic acids is 1. The monoisotopic (exact) mass is 270 g/mol. The van der Waals surface area contributed by atoms with Crippen LogP contribution in [0.25, 0.3) is 0 Å². The minimum Gasteiger partial charge on any atom is -0.480 e. The molecule has 1 aromatic heterocycles. The summed E-state index contributed by atoms with van der Waals surface area (Å²) in [5.41, 5.74) is 0.321. The average Bonchev–Trinajstić information content (AvgIpc) is 2.53. The summed E-state index contributed by atoms with van der Waals surface area (Å²) in [6, 6.07) is -1.03. The molecule has 0 fully saturated rings. The number of amides is 1. The second-order valence-electron chi connectivity index (χ2n) is 4.06. The number of aliphatic carboxylic acids is 1. The molecule has 1 amide bonds. The predicted octanol–water partition coefficient (Wildman–Crippen LogP) is -0.00256. The number of hydrogen-bond acceptors (Lipinski definition) is 5. The lowest BCUT2D eigenvalue weighted by Crippen LogP contribution is -2.40. The fraction of sp³-hybridized carbons (Fsp3) is 0.500. The molecule has 2 N–H and O–H groups in total. The molecule has 0 aromatic carbocycles. The topological polar surface area (TPSA) is 127 Å². The van der Waals surface area contributed by atoms with Crippen LogP contribution in [0.5, 0.6) is 0 Å². The molecule has 0 radical (unpaired) electrons. The highest BCUT2D eigenvalue weighted by atomic mass is 16.6. The molecule has 0 unspecified atom stereocenters. The van der Waals surface area contributed by atoms with E-state index in [0.29, 0.717) is 0 Å². The summed E-state index contributed by atoms with van der Waals surface area (Å²) in [4.78, 5) is 32.4. The second kappa shape index (κ2) is 5.46. The van der Waals surface area contributed by atoms with Gasteiger partial charge in [0.1, 0.15) is 24.0 Å². The van der Waals surface area contributed by atoms with Crippen molar-refractivity contribution >= 4 is 17.6 Å². The molecule has 1 aromatic rings. The summed E-state index contributed by atoms with van der Waals surface area (Å²) < 4.78 is 1.18. The molecule has 1 atom stereocenters. The molecule has 9 nitrogen and oxygen atoms in total. The zero-order chi connectivity index (χ0) is 14.7. The molecular formula is C10H14N4O5. The van der Waals surface area contributed by atoms with Gasteiger partial charge in [-0.1, -0.05) is 0 Å². The van der Waals surface area contributed by atoms with Gasteiger partial charge in [0.25, 0.3) is 0 Å². The number of carboxylic acids is 1. The number of carboxylic acid groups (broad SMARTS) is 1. The Labute approximate surface area is 108 Å². The standard InChI is InChI=1S/C10H14N4O5/c1-5-9(14(18)19)7(3)13(12-5)4-8(15)11-6(2)10(16)17/h6H,4H2,1-3H3,(H,11,15)(H,16,17)/t6-/m1/s1. The van der Waals surface area contributed by atoms with Crippen molar-refractivity contribution in [3.8, 4) is 0 Å². The number of nitro groups is 1. The first kappa shape index (κ1) is 14.6. The Morgan fingerprint density at radius 3 is 2.53 bits per heavy atom. The van der Waals surface area contributed by atoms with Crippen molar-refractivity contribution in [2.45, 2.75) is 33.4 Å². The third-order valence-corrected chi connectivity index (χ3v) is 2.57. The molecule has 0 spiro atoms. The van der Waals surface area contributed by atoms with Crippen LogP contribution in [-0.2, 0) is 16.1 Å². The van der Waals surface area contributed by atoms with E-state index in [2.05, 4.69) is 10.4 Å². The van der Waals surface area contributed by atoms with Crippen LogP contribution in [0.4, 0.5) is 5.69 Å². The molecule has 9 heteroatoms. The lowest BCUT2D eigenvalue weighted by atomic mass is 10.3. The predicted molar refractivity (Wildman–Crippen MR) is 63.6 cm³/mol. The summed E-state index contributed by atoms with van der Waals surface area (Å²) in [6.45, 7) is 4.01. The summed E-state index contributed by atoms with van der Waals surface area (Å²) in [5.74, 6) is -1.73. The van der Waals surface area contributed by atoms with Crippen molar-refractivity contribution < 1.29 is 19.6 Å². The first-order valence-electron chi connectivity index (χ1n) is 5.44. The Morgan fingerprint density at radius 2 is 2.11 bits per heavy atom. The minimum atomic E-state index is -1.16. The quantitative estimate of drug-likeness (QED) is 0.572. The summed E-state index contributed by atoms with van der Waals surface area (Å²) in [6.07, 6.45) is 0. The van der Waals surface area contributed by atoms with E-state index in [-0.39, 0.29) is 23.6 Å². The number of nitrogens with zero attached hydrogens (tertiary/aromatic N) is 3. The number of nitrogens with one attached hydrogen (secondary N) is 1. The zero-order valence-electron chi connectivity index (χ0n) is 10.7. The number of hydrogen-bond donors (Lipinski definition) is 2. The van der Waals surface area contributed by atoms with Crippen LogP contribution < -0.4 is 5.32 Å². The minimum absolute atomic E-state index is 0.140. The lowest BCUT2D eigenvalue weighted by molar-refractivity contribution is -0.386. The van der Waals surface area contributed by atoms with Gasteiger partial charge in [0.05, 0.1) is 4.92 Å². The van der Waals surface area contributed by atoms with E-state index in [0.717, 1.165) is 0 Å². The van der Waals surface area contributed by atoms with Gasteiger partial charge in [-0.05, 0) is 20.8 Å². The molecule has 0 aliphatic carbocycles. The normalized spacial score (nSPS) is 11.9. The lowest BCUT2D eigenvalue weighted by Gasteiger charge is -2.09. The Kier molecular flexibility index (Phi) is 4.20. The van der Waals surface area contributed by atoms with E-state index < -0.39 is 22.8 Å². The maximum Gasteiger partial charge on any atom is 0.325 e. The largest absolute Gasteiger partial charge is 0.480 e. The molecule has 0 aliphatic rings. The van der Waals surface area contributed by atoms with Crippen LogP contribution in [-0.4, -0.2) is 37.7 Å². The maximum atomic E-state index is 11.6. The van der Waals surface area contributed by atoms with Crippen molar-refractivity contribution in [3.05, 3.63) is 21.5 Å². The van der Waals surface area contributed by atoms with Gasteiger partial charge in [-0.2, -0.15) is 5.10 Å². The van der Waals surface area contributed by atoms with E-state index in [4.69, 9.17) is 5.11 Å². The number of rotatable bonds is 5. The van der Waals surface area contributed by atoms with Gasteiger partial charge in [0, 0.05) is 0 Å². The summed E-state index contributed by atoms with van der Waals surface area (Å²) >= 11 is 0. The van der Waals surface area contributed by atoms with Crippen molar-refractivity contribution in [3.63, 3.8) is 0 Å². The van der Waals surface area contributed by atoms with Gasteiger partial charge in [-0.15, -0.1) is 0 Å². The number of aromatic nitrogens is 2. The van der Waals surface area contributed by atoms with Crippen LogP contribution in [0.3, 0.4) is 0 Å². The molecule has 0 aliphatic heterocycles. The third-order valence-electron chi connectivity index (χ3n) is 2.57. The van der Waals surface area contributed by atoms with Crippen molar-refractivity contribution in [2.75, 3.05) is 0 Å². The summed E-state index contributed by atoms with van der Waals surface area (Å²) in [7, 11) is 0. The Bertz CT molecular complexity index is 536. The zero-order valence-corrected chi connectivity index (χ0v) is 10.7. The van der Waals surface area contributed by atoms with Gasteiger partial charge in [-0.25, -0.2) is 0 Å². The van der Waals surface area contributed by atoms with E-state index in [1.165, 1.54) is 25.5 Å². The Balaban J connectivity index is 2.84. The van der Waals surface area contributed by atoms with Gasteiger partial charge < -0.3 is 10.4 Å². The fourth-order valence-electron chi connectivity index (χ4n) is 1.59. The Morgan fingerprint density at radius 1 is 1.53 bits per heavy atom. The Hall–Kier alpha value is -2.45. The highest BCUT2D eigenvalue weighted by molar-refractivity contribution is 5.83. The van der Waals surface area contributed by atoms with Crippen molar-refractivity contribution in [1.29, 1.82) is 0 Å². The van der Waals surface area contributed by atoms with E-state index in [1.54, 1.807) is 0 Å². The van der Waals surface area contributed by atoms with Crippen LogP contribution in [0.1, 0.15) is 18.3 Å². The van der Waals surface area contributed by atoms with Crippen LogP contribution in [0, 0.1) is 24.0 Å². The molecule has 0 saturated heterocycles. The van der Waals surface area contributed by atoms with Gasteiger partial charge in [0.15, 0.2) is 0 Å². The highest BCUT2D eigenvalue weighted by Crippen LogP contribution is 2.21. The SMILES string of the molecule is Cc1nn(CC(=O)N[C@H](C)C(=O)O)c(C)c1[N+](=O)[O-]. The first-order valence-corrected chi connectivity index (χ1v) is 5.44. The van der Waals surface area contributed by atoms with Crippen LogP contribution in [0.2, 0.25) is 0 Å². The van der Waals surface area contributed by atoms with Gasteiger partial charge >= 0.3 is 11.7 Å².